The largest absolute Gasteiger partial charge is 0.303 e. The zero-order valence-corrected chi connectivity index (χ0v) is 9.32. The molecule has 0 aromatic carbocycles. The molecule has 1 aromatic rings. The van der Waals surface area contributed by atoms with E-state index in [1.54, 1.807) is 18.1 Å². The summed E-state index contributed by atoms with van der Waals surface area (Å²) in [6.45, 7) is 1.98. The maximum Gasteiger partial charge on any atom is 0.123 e. The molecule has 2 rings (SSSR count). The van der Waals surface area contributed by atoms with Crippen LogP contribution >= 0.6 is 11.9 Å². The van der Waals surface area contributed by atoms with Crippen molar-refractivity contribution in [1.82, 2.24) is 9.29 Å². The second-order valence-corrected chi connectivity index (χ2v) is 4.85. The summed E-state index contributed by atoms with van der Waals surface area (Å²) in [4.78, 5) is 15.8. The summed E-state index contributed by atoms with van der Waals surface area (Å²) in [6, 6.07) is 4.00. The van der Waals surface area contributed by atoms with Crippen molar-refractivity contribution in [3.8, 4) is 0 Å². The summed E-state index contributed by atoms with van der Waals surface area (Å²) in [5.41, 5.74) is 0. The molecule has 80 valence electrons. The van der Waals surface area contributed by atoms with Crippen molar-refractivity contribution in [2.45, 2.75) is 17.7 Å². The van der Waals surface area contributed by atoms with Crippen LogP contribution in [0.2, 0.25) is 0 Å². The number of hydrogen-bond donors (Lipinski definition) is 0. The summed E-state index contributed by atoms with van der Waals surface area (Å²) < 4.78 is 2.30. The van der Waals surface area contributed by atoms with Gasteiger partial charge in [0.15, 0.2) is 0 Å². The van der Waals surface area contributed by atoms with Crippen molar-refractivity contribution in [1.29, 1.82) is 0 Å². The quantitative estimate of drug-likeness (QED) is 0.578. The lowest BCUT2D eigenvalue weighted by molar-refractivity contribution is -0.112. The summed E-state index contributed by atoms with van der Waals surface area (Å²) in [7, 11) is 0. The Kier molecular flexibility index (Phi) is 3.75. The number of hydrogen-bond acceptors (Lipinski definition) is 4. The average Bonchev–Trinajstić information content (AvgIpc) is 2.31. The van der Waals surface area contributed by atoms with Crippen LogP contribution in [0, 0.1) is 5.92 Å². The van der Waals surface area contributed by atoms with E-state index in [0.29, 0.717) is 0 Å². The standard InChI is InChI=1S/C11H14N2OS/c14-9-10-3-6-13(7-4-10)15-11-2-1-5-12-8-11/h1-2,5,8-10H,3-4,6-7H2. The lowest BCUT2D eigenvalue weighted by Crippen LogP contribution is -2.28. The van der Waals surface area contributed by atoms with Gasteiger partial charge in [0.1, 0.15) is 6.29 Å². The molecule has 1 aliphatic heterocycles. The molecule has 0 aliphatic carbocycles. The lowest BCUT2D eigenvalue weighted by atomic mass is 10.0. The van der Waals surface area contributed by atoms with Crippen LogP contribution in [0.25, 0.3) is 0 Å². The van der Waals surface area contributed by atoms with Crippen molar-refractivity contribution >= 4 is 18.2 Å². The van der Waals surface area contributed by atoms with Gasteiger partial charge in [-0.25, -0.2) is 4.31 Å². The Morgan fingerprint density at radius 3 is 2.87 bits per heavy atom. The van der Waals surface area contributed by atoms with E-state index in [0.717, 1.165) is 32.2 Å². The molecule has 15 heavy (non-hydrogen) atoms. The summed E-state index contributed by atoms with van der Waals surface area (Å²) in [5, 5.41) is 0. The third kappa shape index (κ3) is 3.04. The Morgan fingerprint density at radius 2 is 2.27 bits per heavy atom. The number of aldehydes is 1. The highest BCUT2D eigenvalue weighted by molar-refractivity contribution is 7.97. The molecular formula is C11H14N2OS. The van der Waals surface area contributed by atoms with Gasteiger partial charge in [0, 0.05) is 36.3 Å². The van der Waals surface area contributed by atoms with E-state index in [1.165, 1.54) is 4.90 Å². The Morgan fingerprint density at radius 1 is 1.47 bits per heavy atom. The van der Waals surface area contributed by atoms with Crippen LogP contribution in [0.5, 0.6) is 0 Å². The molecule has 3 nitrogen and oxygen atoms in total. The molecule has 1 aromatic heterocycles. The fraction of sp³-hybridized carbons (Fsp3) is 0.455. The van der Waals surface area contributed by atoms with E-state index in [-0.39, 0.29) is 5.92 Å². The minimum Gasteiger partial charge on any atom is -0.303 e. The van der Waals surface area contributed by atoms with E-state index in [9.17, 15) is 4.79 Å². The van der Waals surface area contributed by atoms with Gasteiger partial charge < -0.3 is 4.79 Å². The number of aromatic nitrogens is 1. The molecule has 0 radical (unpaired) electrons. The van der Waals surface area contributed by atoms with Crippen LogP contribution in [0.15, 0.2) is 29.4 Å². The van der Waals surface area contributed by atoms with Gasteiger partial charge in [-0.15, -0.1) is 0 Å². The molecule has 0 unspecified atom stereocenters. The third-order valence-corrected chi connectivity index (χ3v) is 3.64. The van der Waals surface area contributed by atoms with Gasteiger partial charge in [-0.3, -0.25) is 4.98 Å². The molecular weight excluding hydrogens is 208 g/mol. The van der Waals surface area contributed by atoms with Gasteiger partial charge in [0.05, 0.1) is 0 Å². The Bertz CT molecular complexity index is 310. The molecule has 2 heterocycles. The van der Waals surface area contributed by atoms with Gasteiger partial charge in [-0.2, -0.15) is 0 Å². The van der Waals surface area contributed by atoms with Crippen LogP contribution < -0.4 is 0 Å². The van der Waals surface area contributed by atoms with Gasteiger partial charge >= 0.3 is 0 Å². The van der Waals surface area contributed by atoms with E-state index in [4.69, 9.17) is 0 Å². The number of pyridine rings is 1. The molecule has 0 N–H and O–H groups in total. The summed E-state index contributed by atoms with van der Waals surface area (Å²) in [5.74, 6) is 0.274. The minimum atomic E-state index is 0.274. The van der Waals surface area contributed by atoms with Crippen LogP contribution in [0.4, 0.5) is 0 Å². The number of piperidine rings is 1. The molecule has 0 atom stereocenters. The average molecular weight is 222 g/mol. The Hall–Kier alpha value is -0.870. The molecule has 1 aliphatic rings. The maximum absolute atomic E-state index is 10.6. The lowest BCUT2D eigenvalue weighted by Gasteiger charge is -2.28. The minimum absolute atomic E-state index is 0.274. The number of carbonyl (C=O) groups is 1. The monoisotopic (exact) mass is 222 g/mol. The maximum atomic E-state index is 10.6. The Labute approximate surface area is 94.0 Å². The topological polar surface area (TPSA) is 33.2 Å². The van der Waals surface area contributed by atoms with Crippen LogP contribution in [0.1, 0.15) is 12.8 Å². The van der Waals surface area contributed by atoms with Crippen molar-refractivity contribution < 1.29 is 4.79 Å². The zero-order chi connectivity index (χ0) is 10.5. The van der Waals surface area contributed by atoms with Crippen LogP contribution in [-0.4, -0.2) is 28.7 Å². The highest BCUT2D eigenvalue weighted by Gasteiger charge is 2.18. The molecule has 0 saturated carbocycles. The van der Waals surface area contributed by atoms with Crippen molar-refractivity contribution in [3.63, 3.8) is 0 Å². The molecule has 0 spiro atoms. The van der Waals surface area contributed by atoms with Gasteiger partial charge in [-0.05, 0) is 36.9 Å². The fourth-order valence-electron chi connectivity index (χ4n) is 1.65. The van der Waals surface area contributed by atoms with Crippen molar-refractivity contribution in [2.24, 2.45) is 5.92 Å². The van der Waals surface area contributed by atoms with Crippen LogP contribution in [0.3, 0.4) is 0 Å². The SMILES string of the molecule is O=CC1CCN(Sc2cccnc2)CC1. The summed E-state index contributed by atoms with van der Waals surface area (Å²) in [6.07, 6.45) is 6.71. The normalized spacial score (nSPS) is 18.9. The van der Waals surface area contributed by atoms with E-state index in [2.05, 4.69) is 15.4 Å². The molecule has 0 bridgehead atoms. The fourth-order valence-corrected chi connectivity index (χ4v) is 2.59. The first kappa shape index (κ1) is 10.6. The summed E-state index contributed by atoms with van der Waals surface area (Å²) >= 11 is 1.73. The van der Waals surface area contributed by atoms with Gasteiger partial charge in [0.25, 0.3) is 0 Å². The van der Waals surface area contributed by atoms with Gasteiger partial charge in [-0.1, -0.05) is 0 Å². The third-order valence-electron chi connectivity index (χ3n) is 2.56. The second-order valence-electron chi connectivity index (χ2n) is 3.68. The first-order valence-electron chi connectivity index (χ1n) is 5.17. The van der Waals surface area contributed by atoms with E-state index < -0.39 is 0 Å². The second kappa shape index (κ2) is 5.28. The predicted molar refractivity (Wildman–Crippen MR) is 60.5 cm³/mol. The van der Waals surface area contributed by atoms with Crippen molar-refractivity contribution in [2.75, 3.05) is 13.1 Å². The van der Waals surface area contributed by atoms with Gasteiger partial charge in [0.2, 0.25) is 0 Å². The highest BCUT2D eigenvalue weighted by atomic mass is 32.2. The molecule has 1 fully saturated rings. The molecule has 0 amide bonds. The first-order chi connectivity index (χ1) is 7.38. The smallest absolute Gasteiger partial charge is 0.123 e. The van der Waals surface area contributed by atoms with Crippen LogP contribution in [-0.2, 0) is 4.79 Å². The predicted octanol–water partition coefficient (Wildman–Crippen LogP) is 2.00. The van der Waals surface area contributed by atoms with E-state index >= 15 is 0 Å². The number of carbonyl (C=O) groups excluding carboxylic acids is 1. The first-order valence-corrected chi connectivity index (χ1v) is 5.94. The van der Waals surface area contributed by atoms with Crippen molar-refractivity contribution in [3.05, 3.63) is 24.5 Å². The molecule has 1 saturated heterocycles. The number of rotatable bonds is 3. The van der Waals surface area contributed by atoms with E-state index in [1.807, 2.05) is 12.3 Å². The highest BCUT2D eigenvalue weighted by Crippen LogP contribution is 2.26. The number of nitrogens with zero attached hydrogens (tertiary/aromatic N) is 2. The molecule has 4 heteroatoms. The Balaban J connectivity index is 1.85. The zero-order valence-electron chi connectivity index (χ0n) is 8.50.